The monoisotopic (exact) mass is 208 g/mol. The van der Waals surface area contributed by atoms with Crippen molar-refractivity contribution in [2.24, 2.45) is 10.9 Å². The van der Waals surface area contributed by atoms with Crippen molar-refractivity contribution < 1.29 is 14.7 Å². The second kappa shape index (κ2) is 5.11. The molecule has 5 nitrogen and oxygen atoms in total. The first kappa shape index (κ1) is 11.2. The minimum absolute atomic E-state index is 0.140. The zero-order valence-electron chi connectivity index (χ0n) is 8.30. The molecule has 0 amide bonds. The van der Waals surface area contributed by atoms with Crippen molar-refractivity contribution in [3.8, 4) is 0 Å². The highest BCUT2D eigenvalue weighted by molar-refractivity contribution is 6.43. The van der Waals surface area contributed by atoms with Gasteiger partial charge in [-0.25, -0.2) is 4.79 Å². The van der Waals surface area contributed by atoms with Crippen LogP contribution in [-0.2, 0) is 16.1 Å². The first-order valence-corrected chi connectivity index (χ1v) is 4.33. The van der Waals surface area contributed by atoms with E-state index in [4.69, 9.17) is 10.9 Å². The number of nitrogens with two attached hydrogens (primary N) is 1. The molecule has 0 aliphatic heterocycles. The fraction of sp³-hybridized carbons (Fsp3) is 0.200. The molecule has 0 spiro atoms. The molecule has 3 N–H and O–H groups in total. The van der Waals surface area contributed by atoms with Crippen LogP contribution in [0.4, 0.5) is 0 Å². The van der Waals surface area contributed by atoms with Crippen molar-refractivity contribution in [2.45, 2.75) is 6.54 Å². The maximum Gasteiger partial charge on any atom is 0.360 e. The molecule has 1 aromatic rings. The quantitative estimate of drug-likeness (QED) is 0.328. The van der Waals surface area contributed by atoms with Gasteiger partial charge in [0.25, 0.3) is 0 Å². The van der Waals surface area contributed by atoms with Gasteiger partial charge in [-0.05, 0) is 5.56 Å². The smallest absolute Gasteiger partial charge is 0.360 e. The molecule has 0 saturated carbocycles. The minimum atomic E-state index is -0.696. The molecule has 15 heavy (non-hydrogen) atoms. The summed E-state index contributed by atoms with van der Waals surface area (Å²) < 4.78 is 4.49. The van der Waals surface area contributed by atoms with Gasteiger partial charge in [-0.3, -0.25) is 0 Å². The van der Waals surface area contributed by atoms with Crippen LogP contribution in [0.3, 0.4) is 0 Å². The van der Waals surface area contributed by atoms with Gasteiger partial charge in [-0.1, -0.05) is 29.4 Å². The molecule has 0 atom stereocenters. The Morgan fingerprint density at radius 2 is 2.20 bits per heavy atom. The number of benzene rings is 1. The lowest BCUT2D eigenvalue weighted by molar-refractivity contribution is -0.132. The second-order valence-corrected chi connectivity index (χ2v) is 2.80. The van der Waals surface area contributed by atoms with E-state index in [2.05, 4.69) is 9.89 Å². The maximum atomic E-state index is 11.3. The van der Waals surface area contributed by atoms with Crippen molar-refractivity contribution >= 4 is 11.7 Å². The fourth-order valence-electron chi connectivity index (χ4n) is 1.23. The molecule has 1 rings (SSSR count). The summed E-state index contributed by atoms with van der Waals surface area (Å²) in [5.41, 5.74) is 6.55. The van der Waals surface area contributed by atoms with E-state index < -0.39 is 5.97 Å². The topological polar surface area (TPSA) is 84.9 Å². The number of methoxy groups -OCH3 is 1. The van der Waals surface area contributed by atoms with Crippen LogP contribution in [0.5, 0.6) is 0 Å². The van der Waals surface area contributed by atoms with Crippen molar-refractivity contribution in [2.75, 3.05) is 7.11 Å². The molecule has 0 saturated heterocycles. The summed E-state index contributed by atoms with van der Waals surface area (Å²) in [6.07, 6.45) is 0. The highest BCUT2D eigenvalue weighted by Crippen LogP contribution is 2.10. The van der Waals surface area contributed by atoms with Crippen LogP contribution in [0.1, 0.15) is 11.1 Å². The summed E-state index contributed by atoms with van der Waals surface area (Å²) in [7, 11) is 1.22. The third-order valence-corrected chi connectivity index (χ3v) is 1.97. The number of carbonyl (C=O) groups is 1. The van der Waals surface area contributed by atoms with E-state index in [1.807, 2.05) is 0 Å². The average Bonchev–Trinajstić information content (AvgIpc) is 2.30. The highest BCUT2D eigenvalue weighted by atomic mass is 16.5. The number of nitrogens with zero attached hydrogens (tertiary/aromatic N) is 1. The van der Waals surface area contributed by atoms with Crippen LogP contribution in [0.15, 0.2) is 29.4 Å². The summed E-state index contributed by atoms with van der Waals surface area (Å²) >= 11 is 0. The molecule has 0 unspecified atom stereocenters. The van der Waals surface area contributed by atoms with Crippen LogP contribution in [0.25, 0.3) is 0 Å². The normalized spacial score (nSPS) is 11.2. The van der Waals surface area contributed by atoms with Crippen LogP contribution in [-0.4, -0.2) is 24.0 Å². The summed E-state index contributed by atoms with van der Waals surface area (Å²) in [6.45, 7) is 0.256. The Hall–Kier alpha value is -1.88. The van der Waals surface area contributed by atoms with Gasteiger partial charge in [0.15, 0.2) is 5.71 Å². The fourth-order valence-corrected chi connectivity index (χ4v) is 1.23. The Labute approximate surface area is 87.1 Å². The second-order valence-electron chi connectivity index (χ2n) is 2.80. The average molecular weight is 208 g/mol. The number of esters is 1. The molecule has 80 valence electrons. The van der Waals surface area contributed by atoms with Gasteiger partial charge in [0.2, 0.25) is 0 Å². The van der Waals surface area contributed by atoms with Crippen LogP contribution < -0.4 is 5.73 Å². The predicted octanol–water partition coefficient (Wildman–Crippen LogP) is 0.497. The van der Waals surface area contributed by atoms with Gasteiger partial charge in [0.05, 0.1) is 7.11 Å². The Morgan fingerprint density at radius 1 is 1.53 bits per heavy atom. The Bertz CT molecular complexity index is 388. The maximum absolute atomic E-state index is 11.3. The van der Waals surface area contributed by atoms with Crippen molar-refractivity contribution in [1.29, 1.82) is 0 Å². The summed E-state index contributed by atoms with van der Waals surface area (Å²) in [4.78, 5) is 11.3. The molecule has 0 heterocycles. The van der Waals surface area contributed by atoms with E-state index in [9.17, 15) is 4.79 Å². The lowest BCUT2D eigenvalue weighted by Gasteiger charge is -2.07. The first-order chi connectivity index (χ1) is 7.24. The largest absolute Gasteiger partial charge is 0.464 e. The van der Waals surface area contributed by atoms with E-state index in [0.29, 0.717) is 5.56 Å². The van der Waals surface area contributed by atoms with Crippen molar-refractivity contribution in [3.05, 3.63) is 35.4 Å². The molecule has 0 bridgehead atoms. The molecular formula is C10H12N2O3. The molecule has 0 aliphatic carbocycles. The molecular weight excluding hydrogens is 196 g/mol. The van der Waals surface area contributed by atoms with Crippen LogP contribution >= 0.6 is 0 Å². The molecule has 0 fully saturated rings. The molecule has 0 radical (unpaired) electrons. The van der Waals surface area contributed by atoms with E-state index in [1.54, 1.807) is 24.3 Å². The number of oxime groups is 1. The third kappa shape index (κ3) is 2.32. The number of hydrogen-bond donors (Lipinski definition) is 2. The van der Waals surface area contributed by atoms with E-state index in [-0.39, 0.29) is 12.3 Å². The summed E-state index contributed by atoms with van der Waals surface area (Å²) in [6, 6.07) is 6.91. The lowest BCUT2D eigenvalue weighted by Crippen LogP contribution is -2.19. The zero-order valence-corrected chi connectivity index (χ0v) is 8.30. The van der Waals surface area contributed by atoms with Crippen molar-refractivity contribution in [3.63, 3.8) is 0 Å². The minimum Gasteiger partial charge on any atom is -0.464 e. The van der Waals surface area contributed by atoms with Gasteiger partial charge >= 0.3 is 5.97 Å². The Kier molecular flexibility index (Phi) is 3.82. The van der Waals surface area contributed by atoms with Gasteiger partial charge in [-0.15, -0.1) is 0 Å². The Balaban J connectivity index is 3.18. The van der Waals surface area contributed by atoms with Crippen LogP contribution in [0, 0.1) is 0 Å². The molecule has 0 aromatic heterocycles. The SMILES string of the molecule is COC(=O)C(=NO)c1ccccc1CN. The van der Waals surface area contributed by atoms with Crippen molar-refractivity contribution in [1.82, 2.24) is 0 Å². The number of hydrogen-bond acceptors (Lipinski definition) is 5. The third-order valence-electron chi connectivity index (χ3n) is 1.97. The number of rotatable bonds is 3. The number of ether oxygens (including phenoxy) is 1. The highest BCUT2D eigenvalue weighted by Gasteiger charge is 2.17. The summed E-state index contributed by atoms with van der Waals surface area (Å²) in [5, 5.41) is 11.7. The van der Waals surface area contributed by atoms with Crippen LogP contribution in [0.2, 0.25) is 0 Å². The predicted molar refractivity (Wildman–Crippen MR) is 54.7 cm³/mol. The van der Waals surface area contributed by atoms with E-state index >= 15 is 0 Å². The zero-order chi connectivity index (χ0) is 11.3. The lowest BCUT2D eigenvalue weighted by atomic mass is 10.0. The molecule has 5 heteroatoms. The van der Waals surface area contributed by atoms with Gasteiger partial charge in [0.1, 0.15) is 0 Å². The standard InChI is InChI=1S/C10H12N2O3/c1-15-10(13)9(12-14)8-5-3-2-4-7(8)6-11/h2-5,14H,6,11H2,1H3. The van der Waals surface area contributed by atoms with E-state index in [0.717, 1.165) is 5.56 Å². The number of carbonyl (C=O) groups excluding carboxylic acids is 1. The summed E-state index contributed by atoms with van der Waals surface area (Å²) in [5.74, 6) is -0.696. The van der Waals surface area contributed by atoms with E-state index in [1.165, 1.54) is 7.11 Å². The van der Waals surface area contributed by atoms with Gasteiger partial charge in [0, 0.05) is 12.1 Å². The molecule has 1 aromatic carbocycles. The molecule has 0 aliphatic rings. The first-order valence-electron chi connectivity index (χ1n) is 4.33. The van der Waals surface area contributed by atoms with Gasteiger partial charge < -0.3 is 15.7 Å². The van der Waals surface area contributed by atoms with Gasteiger partial charge in [-0.2, -0.15) is 0 Å². The Morgan fingerprint density at radius 3 is 2.73 bits per heavy atom.